The molecular weight excluding hydrogens is 212 g/mol. The molecule has 0 saturated carbocycles. The zero-order valence-electron chi connectivity index (χ0n) is 11.0. The first kappa shape index (κ1) is 13.3. The van der Waals surface area contributed by atoms with Crippen LogP contribution in [-0.2, 0) is 4.74 Å². The van der Waals surface area contributed by atoms with Gasteiger partial charge < -0.3 is 15.4 Å². The van der Waals surface area contributed by atoms with Crippen LogP contribution < -0.4 is 10.6 Å². The Morgan fingerprint density at radius 3 is 2.59 bits per heavy atom. The van der Waals surface area contributed by atoms with E-state index in [0.29, 0.717) is 0 Å². The van der Waals surface area contributed by atoms with Crippen LogP contribution in [0.3, 0.4) is 0 Å². The molecule has 2 N–H and O–H groups in total. The Morgan fingerprint density at radius 2 is 1.82 bits per heavy atom. The molecule has 1 unspecified atom stereocenters. The standard InChI is InChI=1S/C14H28N2O/c1-2-8-16-14(3-1)5-10-15-9-4-13-6-11-17-12-7-13/h13-16H,1-12H2. The molecule has 1 atom stereocenters. The second kappa shape index (κ2) is 8.06. The lowest BCUT2D eigenvalue weighted by atomic mass is 9.96. The molecule has 2 aliphatic rings. The van der Waals surface area contributed by atoms with Gasteiger partial charge in [0, 0.05) is 19.3 Å². The third-order valence-electron chi connectivity index (χ3n) is 4.15. The molecular formula is C14H28N2O. The van der Waals surface area contributed by atoms with Gasteiger partial charge in [-0.15, -0.1) is 0 Å². The number of hydrogen-bond acceptors (Lipinski definition) is 3. The van der Waals surface area contributed by atoms with Gasteiger partial charge in [-0.3, -0.25) is 0 Å². The fraction of sp³-hybridized carbons (Fsp3) is 1.00. The molecule has 0 aromatic rings. The SMILES string of the molecule is C1CCC(CCNCCC2CCOCC2)NC1. The lowest BCUT2D eigenvalue weighted by Gasteiger charge is -2.24. The van der Waals surface area contributed by atoms with Crippen molar-refractivity contribution in [2.24, 2.45) is 5.92 Å². The van der Waals surface area contributed by atoms with Gasteiger partial charge in [-0.25, -0.2) is 0 Å². The molecule has 0 aliphatic carbocycles. The van der Waals surface area contributed by atoms with E-state index in [1.54, 1.807) is 0 Å². The fourth-order valence-electron chi connectivity index (χ4n) is 2.91. The molecule has 2 rings (SSSR count). The minimum atomic E-state index is 0.777. The number of ether oxygens (including phenoxy) is 1. The predicted molar refractivity (Wildman–Crippen MR) is 71.3 cm³/mol. The first-order valence-electron chi connectivity index (χ1n) is 7.47. The molecule has 0 radical (unpaired) electrons. The molecule has 0 aromatic heterocycles. The van der Waals surface area contributed by atoms with Crippen LogP contribution in [0, 0.1) is 5.92 Å². The van der Waals surface area contributed by atoms with E-state index in [0.717, 1.165) is 25.2 Å². The zero-order valence-corrected chi connectivity index (χ0v) is 11.0. The number of nitrogens with one attached hydrogen (secondary N) is 2. The van der Waals surface area contributed by atoms with E-state index in [4.69, 9.17) is 4.74 Å². The van der Waals surface area contributed by atoms with Crippen molar-refractivity contribution in [3.63, 3.8) is 0 Å². The second-order valence-electron chi connectivity index (χ2n) is 5.53. The summed E-state index contributed by atoms with van der Waals surface area (Å²) >= 11 is 0. The van der Waals surface area contributed by atoms with Crippen molar-refractivity contribution in [3.05, 3.63) is 0 Å². The molecule has 17 heavy (non-hydrogen) atoms. The van der Waals surface area contributed by atoms with E-state index in [-0.39, 0.29) is 0 Å². The van der Waals surface area contributed by atoms with Gasteiger partial charge in [0.15, 0.2) is 0 Å². The summed E-state index contributed by atoms with van der Waals surface area (Å²) in [5.74, 6) is 0.907. The molecule has 2 saturated heterocycles. The van der Waals surface area contributed by atoms with Crippen molar-refractivity contribution in [1.29, 1.82) is 0 Å². The lowest BCUT2D eigenvalue weighted by Crippen LogP contribution is -2.36. The third kappa shape index (κ3) is 5.36. The second-order valence-corrected chi connectivity index (χ2v) is 5.53. The summed E-state index contributed by atoms with van der Waals surface area (Å²) in [6, 6.07) is 0.777. The van der Waals surface area contributed by atoms with Crippen LogP contribution in [0.4, 0.5) is 0 Å². The predicted octanol–water partition coefficient (Wildman–Crippen LogP) is 1.92. The van der Waals surface area contributed by atoms with Gasteiger partial charge in [-0.05, 0) is 64.1 Å². The van der Waals surface area contributed by atoms with Crippen LogP contribution in [-0.4, -0.2) is 38.9 Å². The van der Waals surface area contributed by atoms with Gasteiger partial charge in [-0.2, -0.15) is 0 Å². The lowest BCUT2D eigenvalue weighted by molar-refractivity contribution is 0.0640. The molecule has 0 spiro atoms. The molecule has 2 aliphatic heterocycles. The maximum atomic E-state index is 5.38. The molecule has 3 heteroatoms. The van der Waals surface area contributed by atoms with Crippen molar-refractivity contribution in [2.75, 3.05) is 32.8 Å². The molecule has 2 heterocycles. The van der Waals surface area contributed by atoms with E-state index >= 15 is 0 Å². The average molecular weight is 240 g/mol. The van der Waals surface area contributed by atoms with Gasteiger partial charge >= 0.3 is 0 Å². The largest absolute Gasteiger partial charge is 0.381 e. The summed E-state index contributed by atoms with van der Waals surface area (Å²) in [4.78, 5) is 0. The molecule has 0 aromatic carbocycles. The van der Waals surface area contributed by atoms with E-state index in [9.17, 15) is 0 Å². The van der Waals surface area contributed by atoms with Crippen molar-refractivity contribution >= 4 is 0 Å². The van der Waals surface area contributed by atoms with Crippen LogP contribution in [0.15, 0.2) is 0 Å². The molecule has 100 valence electrons. The molecule has 3 nitrogen and oxygen atoms in total. The summed E-state index contributed by atoms with van der Waals surface area (Å²) in [5, 5.41) is 7.20. The van der Waals surface area contributed by atoms with Gasteiger partial charge in [0.25, 0.3) is 0 Å². The third-order valence-corrected chi connectivity index (χ3v) is 4.15. The van der Waals surface area contributed by atoms with E-state index in [2.05, 4.69) is 10.6 Å². The van der Waals surface area contributed by atoms with Crippen molar-refractivity contribution in [1.82, 2.24) is 10.6 Å². The van der Waals surface area contributed by atoms with Crippen LogP contribution in [0.2, 0.25) is 0 Å². The molecule has 0 bridgehead atoms. The quantitative estimate of drug-likeness (QED) is 0.696. The first-order chi connectivity index (χ1) is 8.45. The van der Waals surface area contributed by atoms with Gasteiger partial charge in [0.05, 0.1) is 0 Å². The Kier molecular flexibility index (Phi) is 6.32. The normalized spacial score (nSPS) is 27.2. The van der Waals surface area contributed by atoms with Crippen molar-refractivity contribution in [2.45, 2.75) is 51.0 Å². The Morgan fingerprint density at radius 1 is 1.00 bits per heavy atom. The summed E-state index contributed by atoms with van der Waals surface area (Å²) in [5.41, 5.74) is 0. The Bertz CT molecular complexity index is 167. The highest BCUT2D eigenvalue weighted by molar-refractivity contribution is 4.73. The number of rotatable bonds is 6. The van der Waals surface area contributed by atoms with Gasteiger partial charge in [0.2, 0.25) is 0 Å². The first-order valence-corrected chi connectivity index (χ1v) is 7.47. The highest BCUT2D eigenvalue weighted by Gasteiger charge is 2.14. The van der Waals surface area contributed by atoms with Gasteiger partial charge in [-0.1, -0.05) is 6.42 Å². The Balaban J connectivity index is 1.42. The van der Waals surface area contributed by atoms with E-state index < -0.39 is 0 Å². The van der Waals surface area contributed by atoms with Crippen LogP contribution in [0.5, 0.6) is 0 Å². The number of hydrogen-bond donors (Lipinski definition) is 2. The number of piperidine rings is 1. The summed E-state index contributed by atoms with van der Waals surface area (Å²) in [7, 11) is 0. The monoisotopic (exact) mass is 240 g/mol. The summed E-state index contributed by atoms with van der Waals surface area (Å²) < 4.78 is 5.38. The zero-order chi connectivity index (χ0) is 11.8. The minimum absolute atomic E-state index is 0.777. The summed E-state index contributed by atoms with van der Waals surface area (Å²) in [6.07, 6.45) is 9.34. The smallest absolute Gasteiger partial charge is 0.0468 e. The Hall–Kier alpha value is -0.120. The van der Waals surface area contributed by atoms with Gasteiger partial charge in [0.1, 0.15) is 0 Å². The molecule has 0 amide bonds. The highest BCUT2D eigenvalue weighted by atomic mass is 16.5. The highest BCUT2D eigenvalue weighted by Crippen LogP contribution is 2.17. The van der Waals surface area contributed by atoms with Crippen molar-refractivity contribution < 1.29 is 4.74 Å². The van der Waals surface area contributed by atoms with E-state index in [1.807, 2.05) is 0 Å². The van der Waals surface area contributed by atoms with E-state index in [1.165, 1.54) is 64.6 Å². The Labute approximate surface area is 106 Å². The topological polar surface area (TPSA) is 33.3 Å². The van der Waals surface area contributed by atoms with Crippen LogP contribution >= 0.6 is 0 Å². The average Bonchev–Trinajstić information content (AvgIpc) is 2.41. The van der Waals surface area contributed by atoms with Crippen LogP contribution in [0.25, 0.3) is 0 Å². The maximum absolute atomic E-state index is 5.38. The minimum Gasteiger partial charge on any atom is -0.381 e. The maximum Gasteiger partial charge on any atom is 0.0468 e. The molecule has 2 fully saturated rings. The van der Waals surface area contributed by atoms with Crippen molar-refractivity contribution in [3.8, 4) is 0 Å². The fourth-order valence-corrected chi connectivity index (χ4v) is 2.91. The summed E-state index contributed by atoms with van der Waals surface area (Å²) in [6.45, 7) is 5.57. The van der Waals surface area contributed by atoms with Crippen LogP contribution in [0.1, 0.15) is 44.9 Å².